The lowest BCUT2D eigenvalue weighted by molar-refractivity contribution is -0.0965. The molecule has 0 bridgehead atoms. The first-order chi connectivity index (χ1) is 8.52. The molecule has 2 unspecified atom stereocenters. The van der Waals surface area contributed by atoms with Crippen molar-refractivity contribution in [2.45, 2.75) is 31.0 Å². The van der Waals surface area contributed by atoms with Gasteiger partial charge >= 0.3 is 5.69 Å². The van der Waals surface area contributed by atoms with Crippen LogP contribution in [0.5, 0.6) is 0 Å². The molecule has 4 atom stereocenters. The normalized spacial score (nSPS) is 29.4. The van der Waals surface area contributed by atoms with E-state index in [4.69, 9.17) is 15.6 Å². The molecule has 1 saturated heterocycles. The van der Waals surface area contributed by atoms with Gasteiger partial charge in [-0.1, -0.05) is 0 Å². The van der Waals surface area contributed by atoms with E-state index in [0.29, 0.717) is 0 Å². The maximum atomic E-state index is 11.6. The number of nitrogens with two attached hydrogens (primary N) is 1. The van der Waals surface area contributed by atoms with Gasteiger partial charge in [-0.05, 0) is 6.07 Å². The van der Waals surface area contributed by atoms with Gasteiger partial charge in [-0.3, -0.25) is 4.57 Å². The van der Waals surface area contributed by atoms with Crippen molar-refractivity contribution < 1.29 is 20.1 Å². The van der Waals surface area contributed by atoms with Crippen molar-refractivity contribution in [2.24, 2.45) is 0 Å². The standard InChI is InChI=1S/C10H15N3O5/c11-7-1-2-13(10(17)12-7)8-3-5(15)9(18-8)6(16)4-14/h1-2,5-6,8-9,14-16H,3-4H2,(H2,11,12,17)/t5-,6?,8?,9-/m0/s1. The molecule has 8 heteroatoms. The highest BCUT2D eigenvalue weighted by Gasteiger charge is 2.39. The summed E-state index contributed by atoms with van der Waals surface area (Å²) in [6.45, 7) is -0.524. The minimum Gasteiger partial charge on any atom is -0.394 e. The zero-order valence-corrected chi connectivity index (χ0v) is 9.51. The molecule has 1 aromatic heterocycles. The van der Waals surface area contributed by atoms with Crippen molar-refractivity contribution in [3.8, 4) is 0 Å². The molecule has 0 aliphatic carbocycles. The highest BCUT2D eigenvalue weighted by molar-refractivity contribution is 5.23. The van der Waals surface area contributed by atoms with E-state index in [2.05, 4.69) is 4.98 Å². The van der Waals surface area contributed by atoms with Crippen molar-refractivity contribution in [3.05, 3.63) is 22.7 Å². The van der Waals surface area contributed by atoms with Crippen LogP contribution in [0.3, 0.4) is 0 Å². The van der Waals surface area contributed by atoms with Crippen LogP contribution in [0, 0.1) is 0 Å². The Morgan fingerprint density at radius 3 is 3.00 bits per heavy atom. The monoisotopic (exact) mass is 257 g/mol. The van der Waals surface area contributed by atoms with E-state index in [9.17, 15) is 15.0 Å². The molecule has 0 aromatic carbocycles. The molecule has 2 heterocycles. The highest BCUT2D eigenvalue weighted by atomic mass is 16.5. The molecule has 2 rings (SSSR count). The van der Waals surface area contributed by atoms with Gasteiger partial charge in [0.15, 0.2) is 0 Å². The Labute approximate surface area is 102 Å². The molecule has 18 heavy (non-hydrogen) atoms. The lowest BCUT2D eigenvalue weighted by Crippen LogP contribution is -2.37. The van der Waals surface area contributed by atoms with Crippen LogP contribution in [-0.4, -0.2) is 49.8 Å². The van der Waals surface area contributed by atoms with Gasteiger partial charge in [0, 0.05) is 12.6 Å². The molecule has 1 aliphatic rings. The number of nitrogen functional groups attached to an aromatic ring is 1. The molecule has 0 radical (unpaired) electrons. The number of aliphatic hydroxyl groups is 3. The molecule has 0 spiro atoms. The maximum absolute atomic E-state index is 11.6. The molecule has 100 valence electrons. The molecular formula is C10H15N3O5. The predicted molar refractivity (Wildman–Crippen MR) is 60.5 cm³/mol. The largest absolute Gasteiger partial charge is 0.394 e. The van der Waals surface area contributed by atoms with Crippen LogP contribution in [0.4, 0.5) is 5.82 Å². The Morgan fingerprint density at radius 1 is 1.67 bits per heavy atom. The topological polar surface area (TPSA) is 131 Å². The Balaban J connectivity index is 2.19. The van der Waals surface area contributed by atoms with E-state index in [1.807, 2.05) is 0 Å². The fourth-order valence-electron chi connectivity index (χ4n) is 1.94. The molecule has 0 saturated carbocycles. The van der Waals surface area contributed by atoms with E-state index >= 15 is 0 Å². The fraction of sp³-hybridized carbons (Fsp3) is 0.600. The zero-order valence-electron chi connectivity index (χ0n) is 9.51. The highest BCUT2D eigenvalue weighted by Crippen LogP contribution is 2.29. The van der Waals surface area contributed by atoms with E-state index < -0.39 is 36.8 Å². The maximum Gasteiger partial charge on any atom is 0.351 e. The van der Waals surface area contributed by atoms with Gasteiger partial charge in [-0.15, -0.1) is 0 Å². The average Bonchev–Trinajstić information content (AvgIpc) is 2.70. The van der Waals surface area contributed by atoms with Crippen LogP contribution in [-0.2, 0) is 4.74 Å². The molecule has 1 fully saturated rings. The Kier molecular flexibility index (Phi) is 3.62. The second-order valence-corrected chi connectivity index (χ2v) is 4.15. The van der Waals surface area contributed by atoms with Crippen molar-refractivity contribution in [3.63, 3.8) is 0 Å². The van der Waals surface area contributed by atoms with Gasteiger partial charge in [0.2, 0.25) is 0 Å². The summed E-state index contributed by atoms with van der Waals surface area (Å²) in [4.78, 5) is 15.1. The van der Waals surface area contributed by atoms with Gasteiger partial charge in [0.25, 0.3) is 0 Å². The van der Waals surface area contributed by atoms with Gasteiger partial charge in [0.05, 0.1) is 12.7 Å². The van der Waals surface area contributed by atoms with Crippen LogP contribution in [0.2, 0.25) is 0 Å². The third kappa shape index (κ3) is 2.36. The predicted octanol–water partition coefficient (Wildman–Crippen LogP) is -2.17. The lowest BCUT2D eigenvalue weighted by atomic mass is 10.1. The molecule has 8 nitrogen and oxygen atoms in total. The first-order valence-corrected chi connectivity index (χ1v) is 5.50. The lowest BCUT2D eigenvalue weighted by Gasteiger charge is -2.19. The summed E-state index contributed by atoms with van der Waals surface area (Å²) in [5.41, 5.74) is 4.77. The third-order valence-corrected chi connectivity index (χ3v) is 2.86. The number of rotatable bonds is 3. The quantitative estimate of drug-likeness (QED) is 0.484. The summed E-state index contributed by atoms with van der Waals surface area (Å²) >= 11 is 0. The number of anilines is 1. The average molecular weight is 257 g/mol. The molecular weight excluding hydrogens is 242 g/mol. The zero-order chi connectivity index (χ0) is 13.3. The van der Waals surface area contributed by atoms with Crippen molar-refractivity contribution in [2.75, 3.05) is 12.3 Å². The minimum absolute atomic E-state index is 0.0988. The van der Waals surface area contributed by atoms with Gasteiger partial charge in [0.1, 0.15) is 24.3 Å². The Hall–Kier alpha value is -1.48. The first-order valence-electron chi connectivity index (χ1n) is 5.50. The summed E-state index contributed by atoms with van der Waals surface area (Å²) < 4.78 is 6.54. The fourth-order valence-corrected chi connectivity index (χ4v) is 1.94. The van der Waals surface area contributed by atoms with Gasteiger partial charge in [-0.25, -0.2) is 4.79 Å². The van der Waals surface area contributed by atoms with E-state index in [-0.39, 0.29) is 12.2 Å². The molecule has 1 aromatic rings. The molecule has 5 N–H and O–H groups in total. The van der Waals surface area contributed by atoms with Gasteiger partial charge in [-0.2, -0.15) is 4.98 Å². The number of hydrogen-bond acceptors (Lipinski definition) is 7. The Bertz CT molecular complexity index is 477. The summed E-state index contributed by atoms with van der Waals surface area (Å²) in [6.07, 6.45) is -2.26. The van der Waals surface area contributed by atoms with Crippen LogP contribution >= 0.6 is 0 Å². The van der Waals surface area contributed by atoms with Crippen molar-refractivity contribution >= 4 is 5.82 Å². The number of nitrogens with zero attached hydrogens (tertiary/aromatic N) is 2. The number of aromatic nitrogens is 2. The summed E-state index contributed by atoms with van der Waals surface area (Å²) in [5.74, 6) is 0.0988. The van der Waals surface area contributed by atoms with E-state index in [0.717, 1.165) is 0 Å². The van der Waals surface area contributed by atoms with Crippen molar-refractivity contribution in [1.29, 1.82) is 0 Å². The van der Waals surface area contributed by atoms with Crippen molar-refractivity contribution in [1.82, 2.24) is 9.55 Å². The number of hydrogen-bond donors (Lipinski definition) is 4. The molecule has 0 amide bonds. The van der Waals surface area contributed by atoms with E-state index in [1.165, 1.54) is 16.8 Å². The summed E-state index contributed by atoms with van der Waals surface area (Å²) in [6, 6.07) is 1.44. The number of ether oxygens (including phenoxy) is 1. The SMILES string of the molecule is Nc1ccn(C2C[C@H](O)[C@@H](C(O)CO)O2)c(=O)n1. The second kappa shape index (κ2) is 5.02. The Morgan fingerprint density at radius 2 is 2.39 bits per heavy atom. The van der Waals surface area contributed by atoms with Crippen LogP contribution < -0.4 is 11.4 Å². The van der Waals surface area contributed by atoms with Crippen LogP contribution in [0.15, 0.2) is 17.1 Å². The smallest absolute Gasteiger partial charge is 0.351 e. The molecule has 1 aliphatic heterocycles. The minimum atomic E-state index is -1.19. The second-order valence-electron chi connectivity index (χ2n) is 4.15. The first kappa shape index (κ1) is 13.0. The summed E-state index contributed by atoms with van der Waals surface area (Å²) in [7, 11) is 0. The number of aliphatic hydroxyl groups excluding tert-OH is 3. The van der Waals surface area contributed by atoms with E-state index in [1.54, 1.807) is 0 Å². The third-order valence-electron chi connectivity index (χ3n) is 2.86. The van der Waals surface area contributed by atoms with Crippen LogP contribution in [0.25, 0.3) is 0 Å². The van der Waals surface area contributed by atoms with Gasteiger partial charge < -0.3 is 25.8 Å². The van der Waals surface area contributed by atoms with Crippen LogP contribution in [0.1, 0.15) is 12.6 Å². The summed E-state index contributed by atoms with van der Waals surface area (Å²) in [5, 5.41) is 28.0.